The van der Waals surface area contributed by atoms with Gasteiger partial charge in [-0.1, -0.05) is 13.8 Å². The summed E-state index contributed by atoms with van der Waals surface area (Å²) >= 11 is 0. The van der Waals surface area contributed by atoms with E-state index in [1.807, 2.05) is 20.8 Å². The largest absolute Gasteiger partial charge is 0.508 e. The van der Waals surface area contributed by atoms with Crippen molar-refractivity contribution < 1.29 is 34.8 Å². The van der Waals surface area contributed by atoms with Crippen LogP contribution in [0.3, 0.4) is 0 Å². The fraction of sp³-hybridized carbons (Fsp3) is 0.619. The van der Waals surface area contributed by atoms with Crippen molar-refractivity contribution >= 4 is 11.8 Å². The molecule has 1 aromatic carbocycles. The highest BCUT2D eigenvalue weighted by Crippen LogP contribution is 2.55. The van der Waals surface area contributed by atoms with E-state index in [4.69, 9.17) is 4.74 Å². The third-order valence-electron chi connectivity index (χ3n) is 6.79. The van der Waals surface area contributed by atoms with Gasteiger partial charge in [0.1, 0.15) is 11.5 Å². The van der Waals surface area contributed by atoms with Crippen LogP contribution in [-0.4, -0.2) is 49.5 Å². The summed E-state index contributed by atoms with van der Waals surface area (Å²) in [5, 5.41) is 39.9. The van der Waals surface area contributed by atoms with Crippen LogP contribution in [0.2, 0.25) is 0 Å². The first-order valence-corrected chi connectivity index (χ1v) is 9.58. The summed E-state index contributed by atoms with van der Waals surface area (Å²) in [5.41, 5.74) is -3.04. The van der Waals surface area contributed by atoms with E-state index >= 15 is 0 Å². The van der Waals surface area contributed by atoms with Crippen molar-refractivity contribution in [2.75, 3.05) is 0 Å². The Kier molecular flexibility index (Phi) is 4.96. The molecule has 28 heavy (non-hydrogen) atoms. The van der Waals surface area contributed by atoms with Gasteiger partial charge in [-0.3, -0.25) is 4.79 Å². The number of carbonyl (C=O) groups is 2. The van der Waals surface area contributed by atoms with Gasteiger partial charge in [-0.15, -0.1) is 0 Å². The van der Waals surface area contributed by atoms with Crippen molar-refractivity contribution in [3.8, 4) is 11.5 Å². The zero-order valence-electron chi connectivity index (χ0n) is 16.4. The second-order valence-electron chi connectivity index (χ2n) is 8.98. The molecule has 1 aromatic rings. The number of rotatable bonds is 4. The van der Waals surface area contributed by atoms with Gasteiger partial charge in [0.05, 0.1) is 23.7 Å². The number of phenols is 2. The number of ether oxygens (including phenoxy) is 1. The van der Waals surface area contributed by atoms with E-state index in [0.717, 1.165) is 6.07 Å². The maximum Gasteiger partial charge on any atom is 0.336 e. The van der Waals surface area contributed by atoms with Gasteiger partial charge in [0, 0.05) is 0 Å². The molecule has 7 heteroatoms. The highest BCUT2D eigenvalue weighted by atomic mass is 16.6. The molecule has 154 valence electrons. The number of hydrogen-bond acceptors (Lipinski definition) is 6. The molecule has 0 amide bonds. The molecule has 0 bridgehead atoms. The van der Waals surface area contributed by atoms with Gasteiger partial charge in [0.15, 0.2) is 11.4 Å². The van der Waals surface area contributed by atoms with Gasteiger partial charge in [0.25, 0.3) is 0 Å². The number of carbonyl (C=O) groups excluding carboxylic acids is 1. The Morgan fingerprint density at radius 1 is 1.14 bits per heavy atom. The number of aliphatic hydroxyl groups is 1. The van der Waals surface area contributed by atoms with Crippen molar-refractivity contribution in [3.05, 3.63) is 23.8 Å². The molecule has 0 spiro atoms. The number of Topliss-reactive ketones (excluding diaryl/α,β-unsaturated/α-hetero) is 1. The maximum absolute atomic E-state index is 12.8. The van der Waals surface area contributed by atoms with Gasteiger partial charge in [-0.2, -0.15) is 0 Å². The lowest BCUT2D eigenvalue weighted by Gasteiger charge is -2.58. The standard InChI is InChI=1S/C21H28O7/c1-19(2)16-6-9-21(18(26)27,28-20(16,3)8-7-17(19)25)11-15(24)13-10-12(22)4-5-14(13)23/h4-5,10,16-17,22-23,25H,6-9,11H2,1-3H3,(H,26,27)/t16-,17-,20-,21-/m0/s1. The smallest absolute Gasteiger partial charge is 0.336 e. The van der Waals surface area contributed by atoms with E-state index in [0.29, 0.717) is 19.3 Å². The number of aromatic hydroxyl groups is 2. The van der Waals surface area contributed by atoms with Gasteiger partial charge in [-0.05, 0) is 62.1 Å². The van der Waals surface area contributed by atoms with Crippen LogP contribution in [0.4, 0.5) is 0 Å². The van der Waals surface area contributed by atoms with Crippen LogP contribution in [0.5, 0.6) is 11.5 Å². The van der Waals surface area contributed by atoms with E-state index < -0.39 is 40.9 Å². The van der Waals surface area contributed by atoms with Crippen molar-refractivity contribution in [1.82, 2.24) is 0 Å². The molecular formula is C21H28O7. The number of benzene rings is 1. The lowest BCUT2D eigenvalue weighted by Crippen LogP contribution is -2.63. The van der Waals surface area contributed by atoms with Crippen LogP contribution in [-0.2, 0) is 9.53 Å². The molecule has 2 fully saturated rings. The number of fused-ring (bicyclic) bond motifs is 1. The van der Waals surface area contributed by atoms with Crippen LogP contribution in [0, 0.1) is 11.3 Å². The summed E-state index contributed by atoms with van der Waals surface area (Å²) in [6.45, 7) is 5.79. The average Bonchev–Trinajstić information content (AvgIpc) is 2.60. The van der Waals surface area contributed by atoms with Crippen LogP contribution in [0.1, 0.15) is 63.2 Å². The molecule has 7 nitrogen and oxygen atoms in total. The zero-order chi connectivity index (χ0) is 20.9. The molecule has 1 aliphatic carbocycles. The molecular weight excluding hydrogens is 364 g/mol. The highest BCUT2D eigenvalue weighted by molar-refractivity contribution is 6.02. The zero-order valence-corrected chi connectivity index (χ0v) is 16.4. The molecule has 0 radical (unpaired) electrons. The van der Waals surface area contributed by atoms with Gasteiger partial charge < -0.3 is 25.2 Å². The Morgan fingerprint density at radius 3 is 2.46 bits per heavy atom. The van der Waals surface area contributed by atoms with Crippen molar-refractivity contribution in [1.29, 1.82) is 0 Å². The fourth-order valence-corrected chi connectivity index (χ4v) is 5.12. The number of aliphatic hydroxyl groups excluding tert-OH is 1. The number of carboxylic acids is 1. The number of aliphatic carboxylic acids is 1. The van der Waals surface area contributed by atoms with Crippen molar-refractivity contribution in [2.24, 2.45) is 11.3 Å². The maximum atomic E-state index is 12.8. The molecule has 4 atom stereocenters. The SMILES string of the molecule is CC1(C)[C@@H](O)CC[C@]2(C)O[C@@](CC(=O)c3cc(O)ccc3O)(C(=O)O)CC[C@@H]12. The van der Waals surface area contributed by atoms with Gasteiger partial charge in [0.2, 0.25) is 0 Å². The first kappa shape index (κ1) is 20.6. The summed E-state index contributed by atoms with van der Waals surface area (Å²) in [6, 6.07) is 3.57. The topological polar surface area (TPSA) is 124 Å². The van der Waals surface area contributed by atoms with Gasteiger partial charge >= 0.3 is 5.97 Å². The summed E-state index contributed by atoms with van der Waals surface area (Å²) in [4.78, 5) is 25.0. The fourth-order valence-electron chi connectivity index (χ4n) is 5.12. The molecule has 1 saturated carbocycles. The molecule has 3 rings (SSSR count). The van der Waals surface area contributed by atoms with Crippen LogP contribution >= 0.6 is 0 Å². The van der Waals surface area contributed by atoms with E-state index in [9.17, 15) is 30.0 Å². The van der Waals surface area contributed by atoms with Crippen LogP contribution in [0.25, 0.3) is 0 Å². The molecule has 1 saturated heterocycles. The molecule has 0 unspecified atom stereocenters. The average molecular weight is 392 g/mol. The predicted octanol–water partition coefficient (Wildman–Crippen LogP) is 2.86. The van der Waals surface area contributed by atoms with E-state index in [1.165, 1.54) is 12.1 Å². The minimum absolute atomic E-state index is 0.0412. The Balaban J connectivity index is 1.91. The third kappa shape index (κ3) is 3.26. The molecule has 2 aliphatic rings. The molecule has 1 heterocycles. The Hall–Kier alpha value is -2.12. The minimum atomic E-state index is -1.71. The number of hydrogen-bond donors (Lipinski definition) is 4. The van der Waals surface area contributed by atoms with Crippen LogP contribution in [0.15, 0.2) is 18.2 Å². The first-order chi connectivity index (χ1) is 12.9. The Labute approximate surface area is 164 Å². The van der Waals surface area contributed by atoms with E-state index in [2.05, 4.69) is 0 Å². The van der Waals surface area contributed by atoms with Crippen molar-refractivity contribution in [3.63, 3.8) is 0 Å². The normalized spacial score (nSPS) is 34.4. The second-order valence-corrected chi connectivity index (χ2v) is 8.98. The summed E-state index contributed by atoms with van der Waals surface area (Å²) in [5.74, 6) is -2.37. The third-order valence-corrected chi connectivity index (χ3v) is 6.79. The molecule has 1 aliphatic heterocycles. The van der Waals surface area contributed by atoms with Crippen molar-refractivity contribution in [2.45, 2.75) is 70.2 Å². The quantitative estimate of drug-likeness (QED) is 0.459. The highest BCUT2D eigenvalue weighted by Gasteiger charge is 2.60. The van der Waals surface area contributed by atoms with Crippen LogP contribution < -0.4 is 0 Å². The number of ketones is 1. The molecule has 0 aromatic heterocycles. The lowest BCUT2D eigenvalue weighted by atomic mass is 9.56. The minimum Gasteiger partial charge on any atom is -0.508 e. The van der Waals surface area contributed by atoms with Gasteiger partial charge in [-0.25, -0.2) is 4.79 Å². The summed E-state index contributed by atoms with van der Waals surface area (Å²) in [6.07, 6.45) is 0.707. The molecule has 4 N–H and O–H groups in total. The Bertz CT molecular complexity index is 802. The Morgan fingerprint density at radius 2 is 1.82 bits per heavy atom. The second kappa shape index (κ2) is 6.74. The monoisotopic (exact) mass is 392 g/mol. The number of phenolic OH excluding ortho intramolecular Hbond substituents is 2. The predicted molar refractivity (Wildman–Crippen MR) is 100 cm³/mol. The first-order valence-electron chi connectivity index (χ1n) is 9.58. The number of carboxylic acid groups (broad SMARTS) is 1. The van der Waals surface area contributed by atoms with E-state index in [1.54, 1.807) is 0 Å². The summed E-state index contributed by atoms with van der Waals surface area (Å²) in [7, 11) is 0. The van der Waals surface area contributed by atoms with E-state index in [-0.39, 0.29) is 29.4 Å². The summed E-state index contributed by atoms with van der Waals surface area (Å²) < 4.78 is 6.20. The lowest BCUT2D eigenvalue weighted by molar-refractivity contribution is -0.259.